The highest BCUT2D eigenvalue weighted by atomic mass is 19.1. The lowest BCUT2D eigenvalue weighted by atomic mass is 10.1. The van der Waals surface area contributed by atoms with E-state index in [1.807, 2.05) is 6.92 Å². The molecule has 0 saturated heterocycles. The van der Waals surface area contributed by atoms with Crippen LogP contribution in [0.15, 0.2) is 12.1 Å². The molecule has 0 aliphatic carbocycles. The predicted octanol–water partition coefficient (Wildman–Crippen LogP) is 2.88. The van der Waals surface area contributed by atoms with Gasteiger partial charge in [-0.3, -0.25) is 0 Å². The minimum absolute atomic E-state index is 0.280. The molecule has 0 atom stereocenters. The number of carboxylic acid groups (broad SMARTS) is 1. The molecule has 0 aliphatic heterocycles. The van der Waals surface area contributed by atoms with Gasteiger partial charge >= 0.3 is 5.97 Å². The SMILES string of the molecule is CCc1[nH]c2ccc(C(=O)O)c(F)c2c1C. The first-order chi connectivity index (χ1) is 7.56. The van der Waals surface area contributed by atoms with E-state index in [2.05, 4.69) is 4.98 Å². The Morgan fingerprint density at radius 3 is 2.75 bits per heavy atom. The first-order valence-corrected chi connectivity index (χ1v) is 5.09. The number of carbonyl (C=O) groups is 1. The summed E-state index contributed by atoms with van der Waals surface area (Å²) in [5, 5.41) is 9.22. The second-order valence-electron chi connectivity index (χ2n) is 3.74. The number of aromatic carboxylic acids is 1. The van der Waals surface area contributed by atoms with Crippen molar-refractivity contribution in [3.63, 3.8) is 0 Å². The summed E-state index contributed by atoms with van der Waals surface area (Å²) >= 11 is 0. The van der Waals surface area contributed by atoms with Crippen molar-refractivity contribution in [2.75, 3.05) is 0 Å². The predicted molar refractivity (Wildman–Crippen MR) is 59.3 cm³/mol. The van der Waals surface area contributed by atoms with Gasteiger partial charge in [0.05, 0.1) is 5.56 Å². The molecule has 1 aromatic carbocycles. The first-order valence-electron chi connectivity index (χ1n) is 5.09. The van der Waals surface area contributed by atoms with Crippen molar-refractivity contribution in [1.82, 2.24) is 4.98 Å². The van der Waals surface area contributed by atoms with E-state index < -0.39 is 11.8 Å². The average molecular weight is 221 g/mol. The third-order valence-corrected chi connectivity index (χ3v) is 2.84. The maximum atomic E-state index is 13.9. The molecule has 3 nitrogen and oxygen atoms in total. The molecule has 0 amide bonds. The molecular weight excluding hydrogens is 209 g/mol. The molecular formula is C12H12FNO2. The summed E-state index contributed by atoms with van der Waals surface area (Å²) in [6, 6.07) is 2.89. The lowest BCUT2D eigenvalue weighted by Gasteiger charge is -1.99. The van der Waals surface area contributed by atoms with E-state index in [4.69, 9.17) is 5.11 Å². The largest absolute Gasteiger partial charge is 0.478 e. The summed E-state index contributed by atoms with van der Waals surface area (Å²) in [6.45, 7) is 3.76. The Balaban J connectivity index is 2.82. The van der Waals surface area contributed by atoms with Crippen LogP contribution < -0.4 is 0 Å². The third-order valence-electron chi connectivity index (χ3n) is 2.84. The molecule has 16 heavy (non-hydrogen) atoms. The van der Waals surface area contributed by atoms with Crippen LogP contribution in [0, 0.1) is 12.7 Å². The van der Waals surface area contributed by atoms with Crippen LogP contribution in [0.25, 0.3) is 10.9 Å². The quantitative estimate of drug-likeness (QED) is 0.819. The number of rotatable bonds is 2. The Hall–Kier alpha value is -1.84. The Bertz CT molecular complexity index is 572. The summed E-state index contributed by atoms with van der Waals surface area (Å²) in [4.78, 5) is 13.9. The van der Waals surface area contributed by atoms with Crippen LogP contribution in [0.3, 0.4) is 0 Å². The van der Waals surface area contributed by atoms with E-state index in [-0.39, 0.29) is 5.56 Å². The number of H-pyrrole nitrogens is 1. The molecule has 0 bridgehead atoms. The van der Waals surface area contributed by atoms with E-state index in [1.165, 1.54) is 6.07 Å². The highest BCUT2D eigenvalue weighted by molar-refractivity contribution is 5.95. The van der Waals surface area contributed by atoms with Gasteiger partial charge in [0.15, 0.2) is 0 Å². The molecule has 1 heterocycles. The highest BCUT2D eigenvalue weighted by Crippen LogP contribution is 2.27. The van der Waals surface area contributed by atoms with Gasteiger partial charge in [-0.1, -0.05) is 6.92 Å². The summed E-state index contributed by atoms with van der Waals surface area (Å²) in [5.74, 6) is -1.89. The minimum atomic E-state index is -1.24. The number of aryl methyl sites for hydroxylation is 2. The van der Waals surface area contributed by atoms with E-state index in [0.29, 0.717) is 10.9 Å². The number of fused-ring (bicyclic) bond motifs is 1. The Kier molecular flexibility index (Phi) is 2.42. The fourth-order valence-electron chi connectivity index (χ4n) is 1.97. The zero-order chi connectivity index (χ0) is 11.9. The molecule has 2 rings (SSSR count). The maximum Gasteiger partial charge on any atom is 0.338 e. The van der Waals surface area contributed by atoms with Gasteiger partial charge in [-0.25, -0.2) is 9.18 Å². The van der Waals surface area contributed by atoms with Crippen LogP contribution in [0.4, 0.5) is 4.39 Å². The summed E-state index contributed by atoms with van der Waals surface area (Å²) in [5.41, 5.74) is 2.10. The minimum Gasteiger partial charge on any atom is -0.478 e. The van der Waals surface area contributed by atoms with Gasteiger partial charge in [0.25, 0.3) is 0 Å². The normalized spacial score (nSPS) is 10.9. The van der Waals surface area contributed by atoms with E-state index in [1.54, 1.807) is 13.0 Å². The smallest absolute Gasteiger partial charge is 0.338 e. The lowest BCUT2D eigenvalue weighted by Crippen LogP contribution is -2.00. The number of halogens is 1. The molecule has 0 unspecified atom stereocenters. The van der Waals surface area contributed by atoms with Crippen molar-refractivity contribution < 1.29 is 14.3 Å². The van der Waals surface area contributed by atoms with E-state index >= 15 is 0 Å². The molecule has 4 heteroatoms. The zero-order valence-electron chi connectivity index (χ0n) is 9.10. The van der Waals surface area contributed by atoms with Gasteiger partial charge in [0, 0.05) is 16.6 Å². The van der Waals surface area contributed by atoms with Crippen LogP contribution in [0.2, 0.25) is 0 Å². The number of carboxylic acids is 1. The van der Waals surface area contributed by atoms with Crippen molar-refractivity contribution in [2.24, 2.45) is 0 Å². The number of aromatic amines is 1. The van der Waals surface area contributed by atoms with Crippen LogP contribution in [0.1, 0.15) is 28.5 Å². The molecule has 2 aromatic rings. The monoisotopic (exact) mass is 221 g/mol. The standard InChI is InChI=1S/C12H12FNO2/c1-3-8-6(2)10-9(14-8)5-4-7(11(10)13)12(15)16/h4-5,14H,3H2,1-2H3,(H,15,16). The number of hydrogen-bond donors (Lipinski definition) is 2. The molecule has 0 spiro atoms. The summed E-state index contributed by atoms with van der Waals surface area (Å²) in [6.07, 6.45) is 0.766. The van der Waals surface area contributed by atoms with Crippen LogP contribution in [-0.4, -0.2) is 16.1 Å². The third kappa shape index (κ3) is 1.38. The van der Waals surface area contributed by atoms with Crippen LogP contribution in [-0.2, 0) is 6.42 Å². The fraction of sp³-hybridized carbons (Fsp3) is 0.250. The van der Waals surface area contributed by atoms with E-state index in [9.17, 15) is 9.18 Å². The number of aromatic nitrogens is 1. The first kappa shape index (κ1) is 10.7. The Morgan fingerprint density at radius 2 is 2.19 bits per heavy atom. The van der Waals surface area contributed by atoms with Gasteiger partial charge in [-0.2, -0.15) is 0 Å². The number of nitrogens with one attached hydrogen (secondary N) is 1. The van der Waals surface area contributed by atoms with Gasteiger partial charge in [0.2, 0.25) is 0 Å². The fourth-order valence-corrected chi connectivity index (χ4v) is 1.97. The molecule has 0 aliphatic rings. The van der Waals surface area contributed by atoms with E-state index in [0.717, 1.165) is 17.7 Å². The molecule has 84 valence electrons. The van der Waals surface area contributed by atoms with Gasteiger partial charge in [-0.05, 0) is 31.0 Å². The van der Waals surface area contributed by atoms with Crippen molar-refractivity contribution >= 4 is 16.9 Å². The zero-order valence-corrected chi connectivity index (χ0v) is 9.10. The van der Waals surface area contributed by atoms with Gasteiger partial charge in [-0.15, -0.1) is 0 Å². The second-order valence-corrected chi connectivity index (χ2v) is 3.74. The number of benzene rings is 1. The molecule has 0 radical (unpaired) electrons. The summed E-state index contributed by atoms with van der Waals surface area (Å²) < 4.78 is 13.9. The maximum absolute atomic E-state index is 13.9. The van der Waals surface area contributed by atoms with Crippen LogP contribution >= 0.6 is 0 Å². The van der Waals surface area contributed by atoms with Crippen LogP contribution in [0.5, 0.6) is 0 Å². The molecule has 0 saturated carbocycles. The van der Waals surface area contributed by atoms with Crippen molar-refractivity contribution in [3.8, 4) is 0 Å². The highest BCUT2D eigenvalue weighted by Gasteiger charge is 2.17. The molecule has 2 N–H and O–H groups in total. The van der Waals surface area contributed by atoms with Gasteiger partial charge in [0.1, 0.15) is 5.82 Å². The lowest BCUT2D eigenvalue weighted by molar-refractivity contribution is 0.0692. The Labute approximate surface area is 91.9 Å². The molecule has 0 fully saturated rings. The second kappa shape index (κ2) is 3.63. The summed E-state index contributed by atoms with van der Waals surface area (Å²) in [7, 11) is 0. The average Bonchev–Trinajstić information content (AvgIpc) is 2.56. The van der Waals surface area contributed by atoms with Crippen molar-refractivity contribution in [2.45, 2.75) is 20.3 Å². The number of hydrogen-bond acceptors (Lipinski definition) is 1. The van der Waals surface area contributed by atoms with Gasteiger partial charge < -0.3 is 10.1 Å². The van der Waals surface area contributed by atoms with Crippen molar-refractivity contribution in [1.29, 1.82) is 0 Å². The Morgan fingerprint density at radius 1 is 1.50 bits per heavy atom. The van der Waals surface area contributed by atoms with Crippen molar-refractivity contribution in [3.05, 3.63) is 34.8 Å². The topological polar surface area (TPSA) is 53.1 Å². The molecule has 1 aromatic heterocycles.